The zero-order chi connectivity index (χ0) is 17.0. The summed E-state index contributed by atoms with van der Waals surface area (Å²) in [4.78, 5) is 0. The van der Waals surface area contributed by atoms with Crippen molar-refractivity contribution in [1.82, 2.24) is 0 Å². The SMILES string of the molecule is [CH-]=C(/C=C(\C)[N-]c1c(C)cccc1C)Nc1c(C)cccc1C. The second-order valence-corrected chi connectivity index (χ2v) is 5.99. The molecule has 2 aromatic carbocycles. The molecule has 0 atom stereocenters. The van der Waals surface area contributed by atoms with Gasteiger partial charge in [-0.1, -0.05) is 54.4 Å². The molecule has 2 nitrogen and oxygen atoms in total. The highest BCUT2D eigenvalue weighted by Crippen LogP contribution is 2.31. The minimum Gasteiger partial charge on any atom is -0.676 e. The van der Waals surface area contributed by atoms with Gasteiger partial charge >= 0.3 is 0 Å². The third-order valence-electron chi connectivity index (χ3n) is 3.84. The number of nitrogens with zero attached hydrogens (tertiary/aromatic N) is 1. The molecule has 0 unspecified atom stereocenters. The predicted octanol–water partition coefficient (Wildman–Crippen LogP) is 6.26. The summed E-state index contributed by atoms with van der Waals surface area (Å²) < 4.78 is 0. The number of benzene rings is 2. The lowest BCUT2D eigenvalue weighted by atomic mass is 10.1. The van der Waals surface area contributed by atoms with Gasteiger partial charge in [-0.3, -0.25) is 6.58 Å². The Hall–Kier alpha value is -2.48. The summed E-state index contributed by atoms with van der Waals surface area (Å²) in [6.45, 7) is 16.4. The largest absolute Gasteiger partial charge is 0.676 e. The Labute approximate surface area is 139 Å². The highest BCUT2D eigenvalue weighted by Gasteiger charge is 1.99. The molecule has 1 N–H and O–H groups in total. The number of para-hydroxylation sites is 2. The molecule has 120 valence electrons. The van der Waals surface area contributed by atoms with Gasteiger partial charge in [0, 0.05) is 5.69 Å². The van der Waals surface area contributed by atoms with E-state index in [1.807, 2.05) is 25.1 Å². The standard InChI is InChI=1S/C21H24N2/c1-14-9-7-10-15(2)20(14)22-18(5)13-19(6)23-21-16(3)11-8-12-17(21)4/h5,7-13,22H,1-4,6H3/q-2/b19-13+. The first-order valence-electron chi connectivity index (χ1n) is 7.80. The van der Waals surface area contributed by atoms with Crippen LogP contribution in [0.15, 0.2) is 53.9 Å². The molecule has 0 fully saturated rings. The topological polar surface area (TPSA) is 26.1 Å². The molecule has 0 aliphatic carbocycles. The molecule has 0 saturated heterocycles. The fourth-order valence-electron chi connectivity index (χ4n) is 2.61. The summed E-state index contributed by atoms with van der Waals surface area (Å²) in [5.41, 5.74) is 8.21. The van der Waals surface area contributed by atoms with Crippen LogP contribution in [0.4, 0.5) is 11.4 Å². The molecule has 0 aromatic heterocycles. The van der Waals surface area contributed by atoms with Crippen LogP contribution in [0.3, 0.4) is 0 Å². The van der Waals surface area contributed by atoms with Crippen molar-refractivity contribution < 1.29 is 0 Å². The lowest BCUT2D eigenvalue weighted by molar-refractivity contribution is 1.31. The number of allylic oxidation sites excluding steroid dienone is 2. The summed E-state index contributed by atoms with van der Waals surface area (Å²) in [6.07, 6.45) is 1.87. The molecular formula is C21H24N2-2. The molecule has 0 amide bonds. The minimum atomic E-state index is 0.592. The van der Waals surface area contributed by atoms with Gasteiger partial charge in [0.1, 0.15) is 0 Å². The first-order valence-corrected chi connectivity index (χ1v) is 7.80. The minimum absolute atomic E-state index is 0.592. The van der Waals surface area contributed by atoms with Gasteiger partial charge in [0.25, 0.3) is 0 Å². The number of aryl methyl sites for hydroxylation is 4. The third-order valence-corrected chi connectivity index (χ3v) is 3.84. The van der Waals surface area contributed by atoms with Crippen molar-refractivity contribution in [2.45, 2.75) is 34.6 Å². The van der Waals surface area contributed by atoms with E-state index in [0.717, 1.165) is 17.1 Å². The highest BCUT2D eigenvalue weighted by molar-refractivity contribution is 5.65. The molecule has 0 radical (unpaired) electrons. The van der Waals surface area contributed by atoms with Crippen LogP contribution in [0.5, 0.6) is 0 Å². The van der Waals surface area contributed by atoms with Crippen molar-refractivity contribution in [1.29, 1.82) is 0 Å². The summed E-state index contributed by atoms with van der Waals surface area (Å²) >= 11 is 0. The lowest BCUT2D eigenvalue weighted by Gasteiger charge is -2.31. The average molecular weight is 304 g/mol. The van der Waals surface area contributed by atoms with Crippen LogP contribution in [0.2, 0.25) is 0 Å². The smallest absolute Gasteiger partial charge is 0.0416 e. The molecule has 0 aliphatic heterocycles. The molecule has 2 heteroatoms. The van der Waals surface area contributed by atoms with Crippen LogP contribution in [-0.4, -0.2) is 0 Å². The summed E-state index contributed by atoms with van der Waals surface area (Å²) in [5, 5.41) is 7.99. The molecular weight excluding hydrogens is 280 g/mol. The van der Waals surface area contributed by atoms with Crippen LogP contribution >= 0.6 is 0 Å². The Morgan fingerprint density at radius 2 is 1.39 bits per heavy atom. The summed E-state index contributed by atoms with van der Waals surface area (Å²) in [7, 11) is 0. The van der Waals surface area contributed by atoms with Crippen molar-refractivity contribution in [3.63, 3.8) is 0 Å². The van der Waals surface area contributed by atoms with Crippen LogP contribution < -0.4 is 5.32 Å². The molecule has 0 bridgehead atoms. The van der Waals surface area contributed by atoms with E-state index in [1.165, 1.54) is 22.3 Å². The third kappa shape index (κ3) is 4.26. The van der Waals surface area contributed by atoms with Crippen LogP contribution in [0, 0.1) is 34.3 Å². The Morgan fingerprint density at radius 3 is 1.91 bits per heavy atom. The second kappa shape index (κ2) is 7.19. The number of nitrogens with one attached hydrogen (secondary N) is 1. The lowest BCUT2D eigenvalue weighted by Crippen LogP contribution is -2.00. The highest BCUT2D eigenvalue weighted by atomic mass is 14.9. The van der Waals surface area contributed by atoms with Gasteiger partial charge in [-0.25, -0.2) is 11.8 Å². The zero-order valence-electron chi connectivity index (χ0n) is 14.6. The fraction of sp³-hybridized carbons (Fsp3) is 0.238. The maximum absolute atomic E-state index is 6.14. The maximum Gasteiger partial charge on any atom is 0.0416 e. The van der Waals surface area contributed by atoms with E-state index < -0.39 is 0 Å². The van der Waals surface area contributed by atoms with E-state index in [4.69, 9.17) is 11.9 Å². The van der Waals surface area contributed by atoms with Crippen LogP contribution in [0.1, 0.15) is 29.2 Å². The molecule has 0 saturated carbocycles. The maximum atomic E-state index is 6.14. The average Bonchev–Trinajstić information content (AvgIpc) is 2.47. The molecule has 0 heterocycles. The van der Waals surface area contributed by atoms with E-state index in [1.54, 1.807) is 0 Å². The molecule has 23 heavy (non-hydrogen) atoms. The van der Waals surface area contributed by atoms with Crippen molar-refractivity contribution in [3.8, 4) is 0 Å². The molecule has 0 aliphatic rings. The monoisotopic (exact) mass is 304 g/mol. The van der Waals surface area contributed by atoms with Crippen molar-refractivity contribution in [3.05, 3.63) is 88.0 Å². The summed E-state index contributed by atoms with van der Waals surface area (Å²) in [5.74, 6) is 0. The van der Waals surface area contributed by atoms with Gasteiger partial charge in [-0.15, -0.1) is 11.4 Å². The Balaban J connectivity index is 2.13. The van der Waals surface area contributed by atoms with Crippen LogP contribution in [-0.2, 0) is 0 Å². The quantitative estimate of drug-likeness (QED) is 0.512. The first kappa shape index (κ1) is 16.9. The number of hydrogen-bond donors (Lipinski definition) is 1. The fourth-order valence-corrected chi connectivity index (χ4v) is 2.61. The van der Waals surface area contributed by atoms with Gasteiger partial charge in [-0.05, 0) is 38.8 Å². The van der Waals surface area contributed by atoms with Gasteiger partial charge in [-0.2, -0.15) is 0 Å². The predicted molar refractivity (Wildman–Crippen MR) is 100 cm³/mol. The molecule has 2 aromatic rings. The number of hydrogen-bond acceptors (Lipinski definition) is 1. The van der Waals surface area contributed by atoms with E-state index in [9.17, 15) is 0 Å². The van der Waals surface area contributed by atoms with Crippen molar-refractivity contribution in [2.24, 2.45) is 0 Å². The Morgan fingerprint density at radius 1 is 0.913 bits per heavy atom. The second-order valence-electron chi connectivity index (χ2n) is 5.99. The zero-order valence-corrected chi connectivity index (χ0v) is 14.6. The summed E-state index contributed by atoms with van der Waals surface area (Å²) in [6, 6.07) is 12.4. The van der Waals surface area contributed by atoms with E-state index in [-0.39, 0.29) is 0 Å². The number of anilines is 1. The van der Waals surface area contributed by atoms with Gasteiger partial charge < -0.3 is 10.6 Å². The normalized spacial score (nSPS) is 11.3. The van der Waals surface area contributed by atoms with E-state index >= 15 is 0 Å². The van der Waals surface area contributed by atoms with E-state index in [2.05, 4.69) is 57.3 Å². The Kier molecular flexibility index (Phi) is 5.28. The first-order chi connectivity index (χ1) is 10.9. The van der Waals surface area contributed by atoms with Crippen LogP contribution in [0.25, 0.3) is 5.32 Å². The van der Waals surface area contributed by atoms with Crippen molar-refractivity contribution in [2.75, 3.05) is 5.32 Å². The van der Waals surface area contributed by atoms with Crippen molar-refractivity contribution >= 4 is 11.4 Å². The van der Waals surface area contributed by atoms with E-state index in [0.29, 0.717) is 5.70 Å². The number of rotatable bonds is 5. The van der Waals surface area contributed by atoms with Gasteiger partial charge in [0.05, 0.1) is 0 Å². The molecule has 2 rings (SSSR count). The molecule has 0 spiro atoms. The Bertz CT molecular complexity index is 714. The van der Waals surface area contributed by atoms with Gasteiger partial charge in [0.15, 0.2) is 0 Å². The van der Waals surface area contributed by atoms with Gasteiger partial charge in [0.2, 0.25) is 0 Å².